The molecule has 0 rings (SSSR count). The van der Waals surface area contributed by atoms with Gasteiger partial charge in [0.2, 0.25) is 0 Å². The predicted molar refractivity (Wildman–Crippen MR) is 58.0 cm³/mol. The molecule has 0 saturated carbocycles. The van der Waals surface area contributed by atoms with Gasteiger partial charge in [0.1, 0.15) is 13.5 Å². The molecule has 84 valence electrons. The Morgan fingerprint density at radius 3 is 2.36 bits per heavy atom. The van der Waals surface area contributed by atoms with Crippen LogP contribution in [0.4, 0.5) is 0 Å². The highest BCUT2D eigenvalue weighted by molar-refractivity contribution is 7.43. The zero-order chi connectivity index (χ0) is 11.4. The van der Waals surface area contributed by atoms with Crippen LogP contribution in [0.3, 0.4) is 0 Å². The lowest BCUT2D eigenvalue weighted by Crippen LogP contribution is -2.44. The first-order valence-electron chi connectivity index (χ1n) is 4.80. The minimum Gasteiger partial charge on any atom is -0.465 e. The molecule has 0 aliphatic heterocycles. The van der Waals surface area contributed by atoms with Gasteiger partial charge in [-0.15, -0.1) is 0 Å². The smallest absolute Gasteiger partial charge is 0.326 e. The van der Waals surface area contributed by atoms with Gasteiger partial charge in [-0.2, -0.15) is 0 Å². The average Bonchev–Trinajstić information content (AvgIpc) is 2.03. The molecule has 0 radical (unpaired) electrons. The Morgan fingerprint density at radius 2 is 2.00 bits per heavy atom. The van der Waals surface area contributed by atoms with E-state index >= 15 is 0 Å². The molecule has 1 N–H and O–H groups in total. The van der Waals surface area contributed by atoms with Crippen LogP contribution < -0.4 is 5.09 Å². The summed E-state index contributed by atoms with van der Waals surface area (Å²) < 4.78 is 16.4. The van der Waals surface area contributed by atoms with Gasteiger partial charge in [-0.3, -0.25) is 9.88 Å². The third-order valence-electron chi connectivity index (χ3n) is 1.75. The fourth-order valence-electron chi connectivity index (χ4n) is 0.815. The lowest BCUT2D eigenvalue weighted by atomic mass is 10.1. The van der Waals surface area contributed by atoms with E-state index in [1.54, 1.807) is 20.8 Å². The van der Waals surface area contributed by atoms with E-state index in [2.05, 4.69) is 5.09 Å². The molecule has 0 aliphatic carbocycles. The zero-order valence-electron chi connectivity index (χ0n) is 9.51. The fraction of sp³-hybridized carbons (Fsp3) is 0.889. The summed E-state index contributed by atoms with van der Waals surface area (Å²) in [5.74, 6) is -0.362. The van der Waals surface area contributed by atoms with E-state index in [9.17, 15) is 9.36 Å². The largest absolute Gasteiger partial charge is 0.465 e. The summed E-state index contributed by atoms with van der Waals surface area (Å²) in [6, 6.07) is 0. The maximum Gasteiger partial charge on any atom is 0.326 e. The Hall–Kier alpha value is -0.340. The Morgan fingerprint density at radius 1 is 1.50 bits per heavy atom. The molecular weight excluding hydrogens is 201 g/mol. The summed E-state index contributed by atoms with van der Waals surface area (Å²) in [5.41, 5.74) is -0.815. The second-order valence-electron chi connectivity index (χ2n) is 3.99. The van der Waals surface area contributed by atoms with Gasteiger partial charge >= 0.3 is 5.97 Å². The summed E-state index contributed by atoms with van der Waals surface area (Å²) >= 11 is 0. The molecule has 0 heterocycles. The zero-order valence-corrected chi connectivity index (χ0v) is 10.5. The first kappa shape index (κ1) is 13.7. The molecule has 0 aromatic heterocycles. The van der Waals surface area contributed by atoms with E-state index in [1.807, 2.05) is 13.8 Å². The number of esters is 1. The molecular formula is C9H20NO3P. The highest BCUT2D eigenvalue weighted by Gasteiger charge is 2.30. The van der Waals surface area contributed by atoms with Gasteiger partial charge in [0, 0.05) is 5.66 Å². The number of nitrogens with one attached hydrogen (secondary N) is 1. The molecule has 4 nitrogen and oxygen atoms in total. The Labute approximate surface area is 86.2 Å². The van der Waals surface area contributed by atoms with Crippen LogP contribution in [0.5, 0.6) is 0 Å². The van der Waals surface area contributed by atoms with E-state index in [-0.39, 0.29) is 11.6 Å². The highest BCUT2D eigenvalue weighted by Crippen LogP contribution is 2.26. The van der Waals surface area contributed by atoms with Gasteiger partial charge in [-0.25, -0.2) is 0 Å². The molecule has 0 aromatic carbocycles. The molecule has 0 bridgehead atoms. The van der Waals surface area contributed by atoms with Gasteiger partial charge in [0.05, 0.1) is 6.61 Å². The van der Waals surface area contributed by atoms with Crippen molar-refractivity contribution in [1.29, 1.82) is 0 Å². The summed E-state index contributed by atoms with van der Waals surface area (Å²) in [6.45, 7) is 9.16. The Kier molecular flexibility index (Phi) is 5.38. The van der Waals surface area contributed by atoms with Crippen LogP contribution in [-0.2, 0) is 14.1 Å². The van der Waals surface area contributed by atoms with Gasteiger partial charge in [0.25, 0.3) is 0 Å². The molecule has 0 aliphatic rings. The predicted octanol–water partition coefficient (Wildman–Crippen LogP) is 1.80. The van der Waals surface area contributed by atoms with E-state index in [0.717, 1.165) is 0 Å². The molecule has 0 amide bonds. The maximum absolute atomic E-state index is 11.5. The van der Waals surface area contributed by atoms with Crippen molar-refractivity contribution in [2.24, 2.45) is 0 Å². The number of hydrogen-bond donors (Lipinski definition) is 1. The van der Waals surface area contributed by atoms with Crippen molar-refractivity contribution in [3.63, 3.8) is 0 Å². The molecule has 1 unspecified atom stereocenters. The van der Waals surface area contributed by atoms with Crippen LogP contribution in [0.2, 0.25) is 0 Å². The van der Waals surface area contributed by atoms with Gasteiger partial charge < -0.3 is 9.30 Å². The van der Waals surface area contributed by atoms with Crippen LogP contribution in [0.1, 0.15) is 34.6 Å². The summed E-state index contributed by atoms with van der Waals surface area (Å²) in [4.78, 5) is 11.4. The van der Waals surface area contributed by atoms with Crippen molar-refractivity contribution in [2.45, 2.75) is 45.8 Å². The van der Waals surface area contributed by atoms with Crippen molar-refractivity contribution in [2.75, 3.05) is 6.61 Å². The summed E-state index contributed by atoms with van der Waals surface area (Å²) in [6.07, 6.45) is 0. The van der Waals surface area contributed by atoms with Crippen molar-refractivity contribution >= 4 is 13.9 Å². The third-order valence-corrected chi connectivity index (χ3v) is 3.67. The number of carbonyl (C=O) groups is 1. The van der Waals surface area contributed by atoms with Crippen molar-refractivity contribution < 1.29 is 14.1 Å². The van der Waals surface area contributed by atoms with Gasteiger partial charge in [-0.1, -0.05) is 13.8 Å². The second-order valence-corrected chi connectivity index (χ2v) is 6.12. The molecule has 0 aromatic rings. The standard InChI is InChI=1S/C9H20NO3P/c1-6-13-8(11)9(4,5)10-14(12)7(2)3/h7,14H,6H2,1-5H3,(H,10,12). The minimum atomic E-state index is -1.93. The summed E-state index contributed by atoms with van der Waals surface area (Å²) in [7, 11) is -1.93. The minimum absolute atomic E-state index is 0.0497. The molecule has 14 heavy (non-hydrogen) atoms. The molecule has 0 fully saturated rings. The van der Waals surface area contributed by atoms with E-state index in [0.29, 0.717) is 6.61 Å². The van der Waals surface area contributed by atoms with Gasteiger partial charge in [0.15, 0.2) is 0 Å². The first-order chi connectivity index (χ1) is 6.31. The van der Waals surface area contributed by atoms with E-state index in [1.165, 1.54) is 0 Å². The van der Waals surface area contributed by atoms with E-state index in [4.69, 9.17) is 4.74 Å². The second kappa shape index (κ2) is 5.52. The maximum atomic E-state index is 11.5. The molecule has 5 heteroatoms. The van der Waals surface area contributed by atoms with Crippen LogP contribution >= 0.6 is 7.95 Å². The quantitative estimate of drug-likeness (QED) is 0.568. The molecule has 0 spiro atoms. The van der Waals surface area contributed by atoms with Gasteiger partial charge in [-0.05, 0) is 20.8 Å². The number of rotatable bonds is 5. The highest BCUT2D eigenvalue weighted by atomic mass is 31.1. The van der Waals surface area contributed by atoms with Crippen LogP contribution in [0, 0.1) is 0 Å². The van der Waals surface area contributed by atoms with E-state index < -0.39 is 13.5 Å². The first-order valence-corrected chi connectivity index (χ1v) is 6.29. The molecule has 1 atom stereocenters. The average molecular weight is 221 g/mol. The fourth-order valence-corrected chi connectivity index (χ4v) is 1.82. The number of ether oxygens (including phenoxy) is 1. The van der Waals surface area contributed by atoms with Crippen LogP contribution in [-0.4, -0.2) is 23.8 Å². The van der Waals surface area contributed by atoms with Crippen LogP contribution in [0.25, 0.3) is 0 Å². The van der Waals surface area contributed by atoms with Crippen molar-refractivity contribution in [3.8, 4) is 0 Å². The SMILES string of the molecule is CCOC(=O)C(C)(C)N[PH](=O)C(C)C. The Bertz CT molecular complexity index is 226. The van der Waals surface area contributed by atoms with Crippen molar-refractivity contribution in [1.82, 2.24) is 5.09 Å². The third kappa shape index (κ3) is 4.25. The van der Waals surface area contributed by atoms with Crippen LogP contribution in [0.15, 0.2) is 0 Å². The lowest BCUT2D eigenvalue weighted by molar-refractivity contribution is -0.148. The normalized spacial score (nSPS) is 14.1. The lowest BCUT2D eigenvalue weighted by Gasteiger charge is -2.24. The monoisotopic (exact) mass is 221 g/mol. The molecule has 0 saturated heterocycles. The topological polar surface area (TPSA) is 55.4 Å². The van der Waals surface area contributed by atoms with Crippen molar-refractivity contribution in [3.05, 3.63) is 0 Å². The Balaban J connectivity index is 4.33. The number of hydrogen-bond acceptors (Lipinski definition) is 3. The number of carbonyl (C=O) groups excluding carboxylic acids is 1. The summed E-state index contributed by atoms with van der Waals surface area (Å²) in [5, 5.41) is 2.81.